The van der Waals surface area contributed by atoms with Gasteiger partial charge in [0.1, 0.15) is 5.03 Å². The van der Waals surface area contributed by atoms with Crippen LogP contribution < -0.4 is 5.32 Å². The molecule has 0 aliphatic heterocycles. The molecule has 5 nitrogen and oxygen atoms in total. The lowest BCUT2D eigenvalue weighted by atomic mass is 10.2. The molecule has 0 saturated carbocycles. The Morgan fingerprint density at radius 1 is 1.36 bits per heavy atom. The highest BCUT2D eigenvalue weighted by Crippen LogP contribution is 2.28. The molecular weight excluding hydrogens is 378 g/mol. The van der Waals surface area contributed by atoms with Crippen molar-refractivity contribution in [1.82, 2.24) is 15.3 Å². The minimum absolute atomic E-state index is 0.149. The number of thioether (sulfide) groups is 1. The van der Waals surface area contributed by atoms with Crippen LogP contribution in [0.25, 0.3) is 11.6 Å². The van der Waals surface area contributed by atoms with E-state index in [0.717, 1.165) is 4.88 Å². The highest BCUT2D eigenvalue weighted by molar-refractivity contribution is 7.98. The molecule has 8 heteroatoms. The first-order valence-corrected chi connectivity index (χ1v) is 9.94. The molecule has 1 unspecified atom stereocenters. The van der Waals surface area contributed by atoms with Crippen LogP contribution in [0.5, 0.6) is 0 Å². The average Bonchev–Trinajstić information content (AvgIpc) is 3.25. The van der Waals surface area contributed by atoms with Crippen molar-refractivity contribution in [2.45, 2.75) is 24.9 Å². The van der Waals surface area contributed by atoms with Crippen molar-refractivity contribution in [2.24, 2.45) is 0 Å². The molecule has 1 amide bonds. The maximum atomic E-state index is 12.8. The number of hydrogen-bond donors (Lipinski definition) is 1. The van der Waals surface area contributed by atoms with Gasteiger partial charge in [0.05, 0.1) is 27.9 Å². The SMILES string of the molecule is CSc1nc(-c2ccco2)nc(C)c1C(=O)NC(C)c1ccc(Cl)s1. The molecule has 25 heavy (non-hydrogen) atoms. The maximum Gasteiger partial charge on any atom is 0.256 e. The van der Waals surface area contributed by atoms with E-state index < -0.39 is 0 Å². The van der Waals surface area contributed by atoms with Gasteiger partial charge in [0.2, 0.25) is 0 Å². The monoisotopic (exact) mass is 393 g/mol. The van der Waals surface area contributed by atoms with Gasteiger partial charge in [-0.15, -0.1) is 23.1 Å². The Labute approximate surface area is 158 Å². The molecule has 3 aromatic rings. The molecular formula is C17H16ClN3O2S2. The van der Waals surface area contributed by atoms with Crippen molar-refractivity contribution >= 4 is 40.6 Å². The average molecular weight is 394 g/mol. The fraction of sp³-hybridized carbons (Fsp3) is 0.235. The summed E-state index contributed by atoms with van der Waals surface area (Å²) in [5.41, 5.74) is 1.09. The topological polar surface area (TPSA) is 68.0 Å². The second-order valence-electron chi connectivity index (χ2n) is 5.33. The van der Waals surface area contributed by atoms with Crippen molar-refractivity contribution in [1.29, 1.82) is 0 Å². The molecule has 0 aliphatic carbocycles. The fourth-order valence-corrected chi connectivity index (χ4v) is 4.06. The summed E-state index contributed by atoms with van der Waals surface area (Å²) in [5, 5.41) is 3.61. The van der Waals surface area contributed by atoms with Gasteiger partial charge in [-0.25, -0.2) is 9.97 Å². The van der Waals surface area contributed by atoms with E-state index in [1.165, 1.54) is 23.1 Å². The Balaban J connectivity index is 1.89. The lowest BCUT2D eigenvalue weighted by molar-refractivity contribution is 0.0935. The van der Waals surface area contributed by atoms with Crippen molar-refractivity contribution < 1.29 is 9.21 Å². The first kappa shape index (κ1) is 18.0. The third kappa shape index (κ3) is 3.89. The van der Waals surface area contributed by atoms with Crippen LogP contribution in [-0.4, -0.2) is 22.1 Å². The summed E-state index contributed by atoms with van der Waals surface area (Å²) in [6, 6.07) is 7.16. The van der Waals surface area contributed by atoms with Gasteiger partial charge in [0, 0.05) is 4.88 Å². The smallest absolute Gasteiger partial charge is 0.256 e. The summed E-state index contributed by atoms with van der Waals surface area (Å²) >= 11 is 8.82. The summed E-state index contributed by atoms with van der Waals surface area (Å²) in [6.45, 7) is 3.72. The number of nitrogens with one attached hydrogen (secondary N) is 1. The van der Waals surface area contributed by atoms with E-state index in [2.05, 4.69) is 15.3 Å². The number of hydrogen-bond acceptors (Lipinski definition) is 6. The molecule has 130 valence electrons. The van der Waals surface area contributed by atoms with Gasteiger partial charge in [0.25, 0.3) is 5.91 Å². The van der Waals surface area contributed by atoms with Crippen molar-refractivity contribution in [3.05, 3.63) is 51.0 Å². The van der Waals surface area contributed by atoms with Crippen LogP contribution in [0.15, 0.2) is 40.0 Å². The summed E-state index contributed by atoms with van der Waals surface area (Å²) < 4.78 is 6.05. The quantitative estimate of drug-likeness (QED) is 0.489. The lowest BCUT2D eigenvalue weighted by Gasteiger charge is -2.15. The van der Waals surface area contributed by atoms with Crippen molar-refractivity contribution in [3.63, 3.8) is 0 Å². The van der Waals surface area contributed by atoms with E-state index in [-0.39, 0.29) is 11.9 Å². The number of nitrogens with zero attached hydrogens (tertiary/aromatic N) is 2. The van der Waals surface area contributed by atoms with E-state index in [9.17, 15) is 4.79 Å². The Morgan fingerprint density at radius 2 is 2.16 bits per heavy atom. The maximum absolute atomic E-state index is 12.8. The normalized spacial score (nSPS) is 12.2. The van der Waals surface area contributed by atoms with Gasteiger partial charge in [-0.2, -0.15) is 0 Å². The number of amides is 1. The van der Waals surface area contributed by atoms with Gasteiger partial charge in [-0.1, -0.05) is 11.6 Å². The van der Waals surface area contributed by atoms with Gasteiger partial charge in [-0.05, 0) is 44.4 Å². The number of halogens is 1. The summed E-state index contributed by atoms with van der Waals surface area (Å²) in [5.74, 6) is 0.846. The van der Waals surface area contributed by atoms with E-state index in [4.69, 9.17) is 16.0 Å². The van der Waals surface area contributed by atoms with E-state index in [1.807, 2.05) is 25.3 Å². The second kappa shape index (κ2) is 7.59. The van der Waals surface area contributed by atoms with Crippen LogP contribution in [-0.2, 0) is 0 Å². The Morgan fingerprint density at radius 3 is 2.76 bits per heavy atom. The Hall–Kier alpha value is -1.83. The van der Waals surface area contributed by atoms with Gasteiger partial charge < -0.3 is 9.73 Å². The van der Waals surface area contributed by atoms with E-state index >= 15 is 0 Å². The number of carbonyl (C=O) groups excluding carboxylic acids is 1. The van der Waals surface area contributed by atoms with Gasteiger partial charge in [-0.3, -0.25) is 4.79 Å². The zero-order chi connectivity index (χ0) is 18.0. The van der Waals surface area contributed by atoms with Crippen LogP contribution in [0.2, 0.25) is 4.34 Å². The van der Waals surface area contributed by atoms with Crippen molar-refractivity contribution in [3.8, 4) is 11.6 Å². The largest absolute Gasteiger partial charge is 0.461 e. The van der Waals surface area contributed by atoms with Crippen LogP contribution >= 0.6 is 34.7 Å². The third-order valence-electron chi connectivity index (χ3n) is 3.59. The number of thiophene rings is 1. The molecule has 1 N–H and O–H groups in total. The highest BCUT2D eigenvalue weighted by atomic mass is 35.5. The molecule has 0 aliphatic rings. The van der Waals surface area contributed by atoms with E-state index in [0.29, 0.717) is 32.2 Å². The molecule has 3 aromatic heterocycles. The first-order chi connectivity index (χ1) is 12.0. The van der Waals surface area contributed by atoms with E-state index in [1.54, 1.807) is 25.3 Å². The standard InChI is InChI=1S/C17H16ClN3O2S2/c1-9(12-6-7-13(18)25-12)20-16(22)14-10(2)19-15(21-17(14)24-3)11-5-4-8-23-11/h4-9H,1-3H3,(H,20,22). The number of aromatic nitrogens is 2. The zero-order valence-electron chi connectivity index (χ0n) is 13.9. The molecule has 0 spiro atoms. The molecule has 0 radical (unpaired) electrons. The first-order valence-electron chi connectivity index (χ1n) is 7.52. The lowest BCUT2D eigenvalue weighted by Crippen LogP contribution is -2.28. The summed E-state index contributed by atoms with van der Waals surface area (Å²) in [4.78, 5) is 22.7. The second-order valence-corrected chi connectivity index (χ2v) is 7.87. The predicted octanol–water partition coefficient (Wildman–Crippen LogP) is 4.97. The molecule has 0 aromatic carbocycles. The number of aryl methyl sites for hydroxylation is 1. The number of carbonyl (C=O) groups is 1. The molecule has 3 heterocycles. The Bertz CT molecular complexity index is 893. The minimum Gasteiger partial charge on any atom is -0.461 e. The summed E-state index contributed by atoms with van der Waals surface area (Å²) in [7, 11) is 0. The third-order valence-corrected chi connectivity index (χ3v) is 5.68. The predicted molar refractivity (Wildman–Crippen MR) is 101 cm³/mol. The fourth-order valence-electron chi connectivity index (χ4n) is 2.37. The molecule has 0 saturated heterocycles. The highest BCUT2D eigenvalue weighted by Gasteiger charge is 2.21. The van der Waals surface area contributed by atoms with Gasteiger partial charge >= 0.3 is 0 Å². The van der Waals surface area contributed by atoms with Crippen molar-refractivity contribution in [2.75, 3.05) is 6.26 Å². The number of furan rings is 1. The molecule has 1 atom stereocenters. The Kier molecular flexibility index (Phi) is 5.46. The van der Waals surface area contributed by atoms with Crippen LogP contribution in [0, 0.1) is 6.92 Å². The summed E-state index contributed by atoms with van der Waals surface area (Å²) in [6.07, 6.45) is 3.45. The van der Waals surface area contributed by atoms with Crippen LogP contribution in [0.1, 0.15) is 33.9 Å². The van der Waals surface area contributed by atoms with Crippen LogP contribution in [0.4, 0.5) is 0 Å². The number of rotatable bonds is 5. The van der Waals surface area contributed by atoms with Gasteiger partial charge in [0.15, 0.2) is 11.6 Å². The minimum atomic E-state index is -0.204. The molecule has 3 rings (SSSR count). The molecule has 0 fully saturated rings. The zero-order valence-corrected chi connectivity index (χ0v) is 16.3. The molecule has 0 bridgehead atoms. The van der Waals surface area contributed by atoms with Crippen LogP contribution in [0.3, 0.4) is 0 Å².